The number of hydrogen-bond donors (Lipinski definition) is 2. The zero-order chi connectivity index (χ0) is 18.7. The Morgan fingerprint density at radius 3 is 2.08 bits per heavy atom. The number of benzene rings is 1. The van der Waals surface area contributed by atoms with Gasteiger partial charge in [-0.2, -0.15) is 10.5 Å². The molecular formula is C16H15N5O4. The molecular weight excluding hydrogens is 326 g/mol. The van der Waals surface area contributed by atoms with Crippen molar-refractivity contribution in [3.63, 3.8) is 0 Å². The van der Waals surface area contributed by atoms with Crippen molar-refractivity contribution >= 4 is 5.82 Å². The first-order valence-corrected chi connectivity index (χ1v) is 6.89. The van der Waals surface area contributed by atoms with E-state index in [1.165, 1.54) is 27.4 Å². The van der Waals surface area contributed by atoms with Crippen LogP contribution in [0.1, 0.15) is 11.1 Å². The van der Waals surface area contributed by atoms with Crippen LogP contribution in [0.4, 0.5) is 5.82 Å². The van der Waals surface area contributed by atoms with Crippen molar-refractivity contribution in [3.8, 4) is 40.5 Å². The maximum atomic E-state index is 12.3. The zero-order valence-electron chi connectivity index (χ0n) is 13.8. The number of pyridine rings is 1. The molecule has 0 bridgehead atoms. The molecule has 0 radical (unpaired) electrons. The molecule has 9 heteroatoms. The van der Waals surface area contributed by atoms with Crippen LogP contribution in [0.5, 0.6) is 17.2 Å². The quantitative estimate of drug-likeness (QED) is 0.767. The molecule has 0 unspecified atom stereocenters. The van der Waals surface area contributed by atoms with Gasteiger partial charge < -0.3 is 25.8 Å². The molecule has 0 aliphatic heterocycles. The van der Waals surface area contributed by atoms with Gasteiger partial charge in [-0.15, -0.1) is 0 Å². The summed E-state index contributed by atoms with van der Waals surface area (Å²) < 4.78 is 16.4. The van der Waals surface area contributed by atoms with Gasteiger partial charge in [0.15, 0.2) is 11.5 Å². The Morgan fingerprint density at radius 1 is 1.00 bits per heavy atom. The van der Waals surface area contributed by atoms with E-state index in [4.69, 9.17) is 25.8 Å². The van der Waals surface area contributed by atoms with Gasteiger partial charge in [-0.25, -0.2) is 4.68 Å². The number of methoxy groups -OCH3 is 3. The Morgan fingerprint density at radius 2 is 1.60 bits per heavy atom. The fourth-order valence-electron chi connectivity index (χ4n) is 2.49. The second kappa shape index (κ2) is 6.72. The lowest BCUT2D eigenvalue weighted by Crippen LogP contribution is -2.33. The zero-order valence-corrected chi connectivity index (χ0v) is 13.8. The molecule has 128 valence electrons. The molecule has 4 N–H and O–H groups in total. The average Bonchev–Trinajstić information content (AvgIpc) is 2.64. The molecule has 0 saturated heterocycles. The van der Waals surface area contributed by atoms with Crippen LogP contribution in [-0.2, 0) is 0 Å². The predicted octanol–water partition coefficient (Wildman–Crippen LogP) is 0.580. The molecule has 1 aromatic heterocycles. The molecule has 0 atom stereocenters. The molecule has 25 heavy (non-hydrogen) atoms. The van der Waals surface area contributed by atoms with Crippen LogP contribution in [0.15, 0.2) is 16.9 Å². The van der Waals surface area contributed by atoms with Crippen molar-refractivity contribution < 1.29 is 14.2 Å². The van der Waals surface area contributed by atoms with Gasteiger partial charge in [0.25, 0.3) is 5.56 Å². The van der Waals surface area contributed by atoms with Crippen LogP contribution >= 0.6 is 0 Å². The highest BCUT2D eigenvalue weighted by Gasteiger charge is 2.26. The summed E-state index contributed by atoms with van der Waals surface area (Å²) in [6.07, 6.45) is 0. The van der Waals surface area contributed by atoms with Gasteiger partial charge in [-0.05, 0) is 12.1 Å². The molecule has 0 fully saturated rings. The van der Waals surface area contributed by atoms with Gasteiger partial charge in [0.1, 0.15) is 29.1 Å². The van der Waals surface area contributed by atoms with E-state index in [2.05, 4.69) is 0 Å². The Balaban J connectivity index is 3.06. The second-order valence-corrected chi connectivity index (χ2v) is 4.79. The van der Waals surface area contributed by atoms with Crippen LogP contribution < -0.4 is 31.3 Å². The third-order valence-electron chi connectivity index (χ3n) is 3.65. The van der Waals surface area contributed by atoms with Gasteiger partial charge >= 0.3 is 0 Å². The Bertz CT molecular complexity index is 982. The minimum absolute atomic E-state index is 0.0204. The predicted molar refractivity (Wildman–Crippen MR) is 89.8 cm³/mol. The lowest BCUT2D eigenvalue weighted by atomic mass is 9.95. The van der Waals surface area contributed by atoms with E-state index in [0.717, 1.165) is 0 Å². The fourth-order valence-corrected chi connectivity index (χ4v) is 2.49. The largest absolute Gasteiger partial charge is 0.493 e. The van der Waals surface area contributed by atoms with E-state index in [-0.39, 0.29) is 39.6 Å². The highest BCUT2D eigenvalue weighted by atomic mass is 16.5. The van der Waals surface area contributed by atoms with Crippen molar-refractivity contribution in [2.45, 2.75) is 0 Å². The van der Waals surface area contributed by atoms with E-state index < -0.39 is 5.56 Å². The maximum Gasteiger partial charge on any atom is 0.289 e. The minimum Gasteiger partial charge on any atom is -0.493 e. The Hall–Kier alpha value is -3.85. The summed E-state index contributed by atoms with van der Waals surface area (Å²) in [6.45, 7) is 0. The third kappa shape index (κ3) is 2.54. The molecule has 2 rings (SSSR count). The van der Waals surface area contributed by atoms with E-state index >= 15 is 0 Å². The molecule has 0 aliphatic rings. The topological polar surface area (TPSA) is 149 Å². The first-order chi connectivity index (χ1) is 12.0. The number of nitrogens with two attached hydrogens (primary N) is 2. The Kier molecular flexibility index (Phi) is 4.71. The number of nitrogens with zero attached hydrogens (tertiary/aromatic N) is 3. The summed E-state index contributed by atoms with van der Waals surface area (Å²) >= 11 is 0. The fraction of sp³-hybridized carbons (Fsp3) is 0.188. The van der Waals surface area contributed by atoms with E-state index in [1.807, 2.05) is 6.07 Å². The second-order valence-electron chi connectivity index (χ2n) is 4.79. The van der Waals surface area contributed by atoms with Crippen LogP contribution in [0.25, 0.3) is 11.1 Å². The van der Waals surface area contributed by atoms with E-state index in [0.29, 0.717) is 10.4 Å². The minimum atomic E-state index is -0.828. The maximum absolute atomic E-state index is 12.3. The lowest BCUT2D eigenvalue weighted by Gasteiger charge is -2.18. The van der Waals surface area contributed by atoms with Gasteiger partial charge in [-0.3, -0.25) is 4.79 Å². The molecule has 1 aromatic carbocycles. The standard InChI is InChI=1S/C16H15N5O4/c1-23-11-5-4-8(13(24-2)14(11)25-3)12-9(6-17)15(19)21(20)16(22)10(12)7-18/h4-5H,19-20H2,1-3H3. The van der Waals surface area contributed by atoms with Gasteiger partial charge in [0.05, 0.1) is 21.3 Å². The van der Waals surface area contributed by atoms with Crippen LogP contribution in [0, 0.1) is 22.7 Å². The SMILES string of the molecule is COc1ccc(-c2c(C#N)c(N)n(N)c(=O)c2C#N)c(OC)c1OC. The number of rotatable bonds is 4. The number of aromatic nitrogens is 1. The lowest BCUT2D eigenvalue weighted by molar-refractivity contribution is 0.325. The third-order valence-corrected chi connectivity index (χ3v) is 3.65. The molecule has 0 spiro atoms. The number of hydrogen-bond acceptors (Lipinski definition) is 8. The molecule has 0 saturated carbocycles. The van der Waals surface area contributed by atoms with Crippen molar-refractivity contribution in [2.75, 3.05) is 32.9 Å². The van der Waals surface area contributed by atoms with Gasteiger partial charge in [-0.1, -0.05) is 0 Å². The number of nitriles is 2. The molecule has 2 aromatic rings. The van der Waals surface area contributed by atoms with E-state index in [9.17, 15) is 15.3 Å². The summed E-state index contributed by atoms with van der Waals surface area (Å²) in [6, 6.07) is 6.75. The molecule has 0 aliphatic carbocycles. The average molecular weight is 341 g/mol. The summed E-state index contributed by atoms with van der Waals surface area (Å²) in [5.41, 5.74) is 4.80. The first kappa shape index (κ1) is 17.5. The van der Waals surface area contributed by atoms with E-state index in [1.54, 1.807) is 12.1 Å². The molecule has 9 nitrogen and oxygen atoms in total. The smallest absolute Gasteiger partial charge is 0.289 e. The van der Waals surface area contributed by atoms with Gasteiger partial charge in [0.2, 0.25) is 5.75 Å². The van der Waals surface area contributed by atoms with Crippen LogP contribution in [-0.4, -0.2) is 26.0 Å². The van der Waals surface area contributed by atoms with Crippen molar-refractivity contribution in [2.24, 2.45) is 0 Å². The summed E-state index contributed by atoms with van der Waals surface area (Å²) in [5.74, 6) is 6.09. The number of anilines is 1. The van der Waals surface area contributed by atoms with Crippen LogP contribution in [0.3, 0.4) is 0 Å². The summed E-state index contributed by atoms with van der Waals surface area (Å²) in [7, 11) is 4.24. The highest BCUT2D eigenvalue weighted by molar-refractivity contribution is 5.86. The Labute approximate surface area is 143 Å². The number of nitrogen functional groups attached to an aromatic ring is 2. The number of ether oxygens (including phenoxy) is 3. The van der Waals surface area contributed by atoms with Crippen molar-refractivity contribution in [3.05, 3.63) is 33.6 Å². The highest BCUT2D eigenvalue weighted by Crippen LogP contribution is 2.45. The molecule has 1 heterocycles. The molecule has 0 amide bonds. The van der Waals surface area contributed by atoms with Gasteiger partial charge in [0, 0.05) is 11.1 Å². The monoisotopic (exact) mass is 341 g/mol. The normalized spacial score (nSPS) is 9.80. The van der Waals surface area contributed by atoms with Crippen molar-refractivity contribution in [1.82, 2.24) is 4.68 Å². The van der Waals surface area contributed by atoms with Crippen molar-refractivity contribution in [1.29, 1.82) is 10.5 Å². The summed E-state index contributed by atoms with van der Waals surface area (Å²) in [5, 5.41) is 18.9. The first-order valence-electron chi connectivity index (χ1n) is 6.89. The summed E-state index contributed by atoms with van der Waals surface area (Å²) in [4.78, 5) is 12.3. The van der Waals surface area contributed by atoms with Crippen LogP contribution in [0.2, 0.25) is 0 Å².